The molecule has 3 N–H and O–H groups in total. The van der Waals surface area contributed by atoms with Crippen LogP contribution in [0.2, 0.25) is 0 Å². The number of nitrogens with two attached hydrogens (primary N) is 1. The van der Waals surface area contributed by atoms with Gasteiger partial charge in [0.2, 0.25) is 11.0 Å². The van der Waals surface area contributed by atoms with Crippen molar-refractivity contribution in [3.8, 4) is 0 Å². The average Bonchev–Trinajstić information content (AvgIpc) is 2.82. The molecular weight excluding hydrogens is 260 g/mol. The molecule has 0 aromatic carbocycles. The fourth-order valence-corrected chi connectivity index (χ4v) is 2.49. The van der Waals surface area contributed by atoms with Crippen molar-refractivity contribution in [1.82, 2.24) is 10.2 Å². The van der Waals surface area contributed by atoms with Gasteiger partial charge in [-0.25, -0.2) is 0 Å². The van der Waals surface area contributed by atoms with Crippen LogP contribution in [-0.4, -0.2) is 34.3 Å². The second-order valence-corrected chi connectivity index (χ2v) is 5.03. The van der Waals surface area contributed by atoms with Gasteiger partial charge in [-0.15, -0.1) is 10.2 Å². The largest absolute Gasteiger partial charge is 0.392 e. The standard InChI is InChI=1S/C9H12N4O2S2/c10-6(16)9(1-3-15-4-2-9)7(14)12-8-13-11-5-17-8/h5H,1-4H2,(H2,10,16)(H,12,13,14). The quantitative estimate of drug-likeness (QED) is 0.781. The van der Waals surface area contributed by atoms with Gasteiger partial charge in [-0.3, -0.25) is 10.1 Å². The van der Waals surface area contributed by atoms with Gasteiger partial charge >= 0.3 is 0 Å². The van der Waals surface area contributed by atoms with Gasteiger partial charge in [0.1, 0.15) is 10.9 Å². The molecule has 2 heterocycles. The fraction of sp³-hybridized carbons (Fsp3) is 0.556. The fourth-order valence-electron chi connectivity index (χ4n) is 1.75. The van der Waals surface area contributed by atoms with Crippen molar-refractivity contribution in [3.63, 3.8) is 0 Å². The Morgan fingerprint density at radius 2 is 2.29 bits per heavy atom. The smallest absolute Gasteiger partial charge is 0.239 e. The summed E-state index contributed by atoms with van der Waals surface area (Å²) in [6.07, 6.45) is 1.01. The summed E-state index contributed by atoms with van der Waals surface area (Å²) in [5.74, 6) is -0.218. The maximum atomic E-state index is 12.2. The van der Waals surface area contributed by atoms with Crippen LogP contribution >= 0.6 is 23.6 Å². The number of anilines is 1. The number of nitrogens with zero attached hydrogens (tertiary/aromatic N) is 2. The van der Waals surface area contributed by atoms with Crippen molar-refractivity contribution in [1.29, 1.82) is 0 Å². The highest BCUT2D eigenvalue weighted by atomic mass is 32.1. The van der Waals surface area contributed by atoms with Crippen LogP contribution in [0.25, 0.3) is 0 Å². The van der Waals surface area contributed by atoms with Crippen LogP contribution < -0.4 is 11.1 Å². The number of carbonyl (C=O) groups excluding carboxylic acids is 1. The van der Waals surface area contributed by atoms with Crippen LogP contribution in [0, 0.1) is 5.41 Å². The SMILES string of the molecule is NC(=S)C1(C(=O)Nc2nncs2)CCOCC1. The Kier molecular flexibility index (Phi) is 3.65. The molecule has 1 aromatic rings. The summed E-state index contributed by atoms with van der Waals surface area (Å²) in [7, 11) is 0. The van der Waals surface area contributed by atoms with Crippen LogP contribution in [0.15, 0.2) is 5.51 Å². The molecule has 1 saturated heterocycles. The van der Waals surface area contributed by atoms with Crippen LogP contribution in [0.4, 0.5) is 5.13 Å². The number of aromatic nitrogens is 2. The molecule has 17 heavy (non-hydrogen) atoms. The van der Waals surface area contributed by atoms with E-state index in [2.05, 4.69) is 15.5 Å². The highest BCUT2D eigenvalue weighted by Gasteiger charge is 2.43. The lowest BCUT2D eigenvalue weighted by molar-refractivity contribution is -0.126. The van der Waals surface area contributed by atoms with E-state index in [4.69, 9.17) is 22.7 Å². The van der Waals surface area contributed by atoms with E-state index in [9.17, 15) is 4.79 Å². The van der Waals surface area contributed by atoms with Crippen LogP contribution in [0.5, 0.6) is 0 Å². The molecule has 1 amide bonds. The number of rotatable bonds is 3. The van der Waals surface area contributed by atoms with Gasteiger partial charge in [0.15, 0.2) is 0 Å². The minimum absolute atomic E-state index is 0.211. The monoisotopic (exact) mass is 272 g/mol. The van der Waals surface area contributed by atoms with Crippen molar-refractivity contribution in [2.45, 2.75) is 12.8 Å². The Balaban J connectivity index is 2.15. The Bertz CT molecular complexity index is 415. The molecule has 0 saturated carbocycles. The average molecular weight is 272 g/mol. The second-order valence-electron chi connectivity index (χ2n) is 3.76. The van der Waals surface area contributed by atoms with E-state index in [1.54, 1.807) is 5.51 Å². The number of hydrogen-bond donors (Lipinski definition) is 2. The lowest BCUT2D eigenvalue weighted by Crippen LogP contribution is -2.49. The van der Waals surface area contributed by atoms with Crippen LogP contribution in [0.3, 0.4) is 0 Å². The van der Waals surface area contributed by atoms with Crippen molar-refractivity contribution in [2.24, 2.45) is 11.1 Å². The third-order valence-corrected chi connectivity index (χ3v) is 3.83. The van der Waals surface area contributed by atoms with Crippen molar-refractivity contribution >= 4 is 39.6 Å². The van der Waals surface area contributed by atoms with E-state index in [1.165, 1.54) is 11.3 Å². The maximum Gasteiger partial charge on any atom is 0.239 e. The molecular formula is C9H12N4O2S2. The molecule has 1 aliphatic heterocycles. The summed E-state index contributed by atoms with van der Waals surface area (Å²) in [6, 6.07) is 0. The van der Waals surface area contributed by atoms with E-state index >= 15 is 0 Å². The number of amides is 1. The number of thiocarbonyl (C=S) groups is 1. The molecule has 0 unspecified atom stereocenters. The summed E-state index contributed by atoms with van der Waals surface area (Å²) in [5, 5.41) is 10.6. The Morgan fingerprint density at radius 1 is 1.59 bits per heavy atom. The minimum atomic E-state index is -0.820. The normalized spacial score (nSPS) is 18.6. The molecule has 0 atom stereocenters. The summed E-state index contributed by atoms with van der Waals surface area (Å²) < 4.78 is 5.24. The van der Waals surface area contributed by atoms with Crippen LogP contribution in [0.1, 0.15) is 12.8 Å². The van der Waals surface area contributed by atoms with Crippen molar-refractivity contribution in [2.75, 3.05) is 18.5 Å². The molecule has 8 heteroatoms. The highest BCUT2D eigenvalue weighted by Crippen LogP contribution is 2.32. The summed E-state index contributed by atoms with van der Waals surface area (Å²) in [6.45, 7) is 0.974. The molecule has 0 spiro atoms. The highest BCUT2D eigenvalue weighted by molar-refractivity contribution is 7.80. The minimum Gasteiger partial charge on any atom is -0.392 e. The predicted octanol–water partition coefficient (Wildman–Crippen LogP) is 0.560. The van der Waals surface area contributed by atoms with Crippen molar-refractivity contribution in [3.05, 3.63) is 5.51 Å². The number of ether oxygens (including phenoxy) is 1. The van der Waals surface area contributed by atoms with Gasteiger partial charge in [0, 0.05) is 13.2 Å². The molecule has 0 aliphatic carbocycles. The lowest BCUT2D eigenvalue weighted by atomic mass is 9.79. The Labute approximate surface area is 108 Å². The zero-order chi connectivity index (χ0) is 12.3. The summed E-state index contributed by atoms with van der Waals surface area (Å²) in [4.78, 5) is 12.4. The summed E-state index contributed by atoms with van der Waals surface area (Å²) in [5.41, 5.74) is 6.44. The number of hydrogen-bond acceptors (Lipinski definition) is 6. The van der Waals surface area contributed by atoms with Gasteiger partial charge in [-0.1, -0.05) is 23.6 Å². The van der Waals surface area contributed by atoms with Gasteiger partial charge in [-0.2, -0.15) is 0 Å². The second kappa shape index (κ2) is 5.03. The first-order valence-electron chi connectivity index (χ1n) is 5.10. The lowest BCUT2D eigenvalue weighted by Gasteiger charge is -2.34. The molecule has 1 fully saturated rings. The molecule has 1 aromatic heterocycles. The zero-order valence-electron chi connectivity index (χ0n) is 9.01. The topological polar surface area (TPSA) is 90.1 Å². The van der Waals surface area contributed by atoms with Gasteiger partial charge in [0.05, 0.1) is 4.99 Å². The van der Waals surface area contributed by atoms with Crippen molar-refractivity contribution < 1.29 is 9.53 Å². The Hall–Kier alpha value is -1.12. The maximum absolute atomic E-state index is 12.2. The van der Waals surface area contributed by atoms with Crippen LogP contribution in [-0.2, 0) is 9.53 Å². The molecule has 92 valence electrons. The van der Waals surface area contributed by atoms with E-state index in [0.29, 0.717) is 31.2 Å². The molecule has 1 aliphatic rings. The molecule has 2 rings (SSSR count). The van der Waals surface area contributed by atoms with Gasteiger partial charge in [-0.05, 0) is 12.8 Å². The third kappa shape index (κ3) is 2.43. The van der Waals surface area contributed by atoms with Gasteiger partial charge < -0.3 is 10.5 Å². The number of carbonyl (C=O) groups is 1. The van der Waals surface area contributed by atoms with E-state index in [-0.39, 0.29) is 10.9 Å². The molecule has 0 bridgehead atoms. The summed E-state index contributed by atoms with van der Waals surface area (Å²) >= 11 is 6.28. The van der Waals surface area contributed by atoms with E-state index in [1.807, 2.05) is 0 Å². The first-order chi connectivity index (χ1) is 8.15. The molecule has 6 nitrogen and oxygen atoms in total. The predicted molar refractivity (Wildman–Crippen MR) is 67.8 cm³/mol. The zero-order valence-corrected chi connectivity index (χ0v) is 10.6. The Morgan fingerprint density at radius 3 is 2.82 bits per heavy atom. The third-order valence-electron chi connectivity index (χ3n) is 2.83. The number of nitrogens with one attached hydrogen (secondary N) is 1. The van der Waals surface area contributed by atoms with E-state index in [0.717, 1.165) is 0 Å². The van der Waals surface area contributed by atoms with Gasteiger partial charge in [0.25, 0.3) is 0 Å². The first kappa shape index (κ1) is 12.3. The molecule has 0 radical (unpaired) electrons. The van der Waals surface area contributed by atoms with E-state index < -0.39 is 5.41 Å². The first-order valence-corrected chi connectivity index (χ1v) is 6.39.